The molecule has 0 aliphatic heterocycles. The van der Waals surface area contributed by atoms with Crippen LogP contribution in [0.4, 0.5) is 13.2 Å². The van der Waals surface area contributed by atoms with Gasteiger partial charge in [-0.25, -0.2) is 4.79 Å². The van der Waals surface area contributed by atoms with Crippen molar-refractivity contribution in [1.82, 2.24) is 10.6 Å². The zero-order valence-corrected chi connectivity index (χ0v) is 21.8. The van der Waals surface area contributed by atoms with Gasteiger partial charge in [0.05, 0.1) is 6.61 Å². The molecule has 0 atom stereocenters. The number of alkyl halides is 3. The molecule has 0 amide bonds. The molecule has 0 saturated carbocycles. The summed E-state index contributed by atoms with van der Waals surface area (Å²) in [6.07, 6.45) is -4.40. The molecular formula is C27H33F3N2O5. The lowest BCUT2D eigenvalue weighted by Gasteiger charge is -2.31. The Morgan fingerprint density at radius 1 is 0.973 bits per heavy atom. The van der Waals surface area contributed by atoms with Crippen LogP contribution >= 0.6 is 0 Å². The number of likely N-dealkylation sites (N-methyl/N-ethyl adjacent to an activating group) is 2. The van der Waals surface area contributed by atoms with Gasteiger partial charge in [0, 0.05) is 12.0 Å². The normalized spacial score (nSPS) is 11.8. The van der Waals surface area contributed by atoms with Gasteiger partial charge in [0.15, 0.2) is 5.60 Å². The van der Waals surface area contributed by atoms with Crippen LogP contribution in [0, 0.1) is 18.8 Å². The van der Waals surface area contributed by atoms with Crippen molar-refractivity contribution in [1.29, 1.82) is 0 Å². The summed E-state index contributed by atoms with van der Waals surface area (Å²) in [6.45, 7) is 7.37. The van der Waals surface area contributed by atoms with Gasteiger partial charge in [0.25, 0.3) is 0 Å². The number of carbonyl (C=O) groups excluding carboxylic acids is 1. The SMILES string of the molecule is CCOC(=O)C(C)(C)Oc1ccc(OCC(CC#Cc2ccc(OC(F)(F)F)cc2)(NC)NC)cc1C. The van der Waals surface area contributed by atoms with Crippen molar-refractivity contribution in [3.05, 3.63) is 53.6 Å². The third kappa shape index (κ3) is 9.19. The molecule has 0 aliphatic rings. The molecule has 202 valence electrons. The summed E-state index contributed by atoms with van der Waals surface area (Å²) in [4.78, 5) is 12.1. The molecule has 0 spiro atoms. The number of esters is 1. The summed E-state index contributed by atoms with van der Waals surface area (Å²) in [5, 5.41) is 6.36. The molecule has 0 aromatic heterocycles. The zero-order valence-electron chi connectivity index (χ0n) is 21.8. The summed E-state index contributed by atoms with van der Waals surface area (Å²) >= 11 is 0. The van der Waals surface area contributed by atoms with Crippen molar-refractivity contribution in [3.8, 4) is 29.1 Å². The predicted octanol–water partition coefficient (Wildman–Crippen LogP) is 4.57. The van der Waals surface area contributed by atoms with Crippen molar-refractivity contribution in [2.75, 3.05) is 27.3 Å². The van der Waals surface area contributed by atoms with Crippen LogP contribution in [-0.2, 0) is 9.53 Å². The van der Waals surface area contributed by atoms with Crippen molar-refractivity contribution in [3.63, 3.8) is 0 Å². The van der Waals surface area contributed by atoms with Crippen LogP contribution in [0.1, 0.15) is 38.3 Å². The Hall–Kier alpha value is -3.42. The minimum atomic E-state index is -4.74. The fraction of sp³-hybridized carbons (Fsp3) is 0.444. The van der Waals surface area contributed by atoms with Crippen LogP contribution in [0.3, 0.4) is 0 Å². The Morgan fingerprint density at radius 2 is 1.59 bits per heavy atom. The number of hydrogen-bond acceptors (Lipinski definition) is 7. The van der Waals surface area contributed by atoms with E-state index in [1.54, 1.807) is 47.0 Å². The molecule has 0 saturated heterocycles. The highest BCUT2D eigenvalue weighted by Gasteiger charge is 2.32. The van der Waals surface area contributed by atoms with Crippen LogP contribution in [0.15, 0.2) is 42.5 Å². The van der Waals surface area contributed by atoms with E-state index in [0.717, 1.165) is 5.56 Å². The Kier molecular flexibility index (Phi) is 10.2. The molecule has 2 N–H and O–H groups in total. The highest BCUT2D eigenvalue weighted by Crippen LogP contribution is 2.28. The molecule has 0 bridgehead atoms. The molecular weight excluding hydrogens is 489 g/mol. The largest absolute Gasteiger partial charge is 0.573 e. The topological polar surface area (TPSA) is 78.1 Å². The smallest absolute Gasteiger partial charge is 0.490 e. The van der Waals surface area contributed by atoms with Crippen LogP contribution < -0.4 is 24.8 Å². The third-order valence-electron chi connectivity index (χ3n) is 5.43. The van der Waals surface area contributed by atoms with Crippen LogP contribution in [0.25, 0.3) is 0 Å². The van der Waals surface area contributed by atoms with Gasteiger partial charge in [-0.3, -0.25) is 10.6 Å². The fourth-order valence-electron chi connectivity index (χ4n) is 3.19. The Balaban J connectivity index is 2.04. The van der Waals surface area contributed by atoms with E-state index in [9.17, 15) is 18.0 Å². The zero-order chi connectivity index (χ0) is 27.7. The molecule has 2 rings (SSSR count). The first-order valence-corrected chi connectivity index (χ1v) is 11.7. The number of hydrogen-bond donors (Lipinski definition) is 2. The monoisotopic (exact) mass is 522 g/mol. The first kappa shape index (κ1) is 29.8. The number of benzene rings is 2. The van der Waals surface area contributed by atoms with E-state index in [4.69, 9.17) is 14.2 Å². The van der Waals surface area contributed by atoms with Crippen LogP contribution in [0.2, 0.25) is 0 Å². The Morgan fingerprint density at radius 3 is 2.14 bits per heavy atom. The maximum atomic E-state index is 12.3. The van der Waals surface area contributed by atoms with Gasteiger partial charge in [-0.15, -0.1) is 13.2 Å². The van der Waals surface area contributed by atoms with Gasteiger partial charge < -0.3 is 18.9 Å². The lowest BCUT2D eigenvalue weighted by Crippen LogP contribution is -2.57. The predicted molar refractivity (Wildman–Crippen MR) is 133 cm³/mol. The van der Waals surface area contributed by atoms with E-state index in [2.05, 4.69) is 27.2 Å². The van der Waals surface area contributed by atoms with E-state index in [1.807, 2.05) is 13.0 Å². The van der Waals surface area contributed by atoms with Crippen LogP contribution in [0.5, 0.6) is 17.2 Å². The molecule has 0 fully saturated rings. The maximum absolute atomic E-state index is 12.3. The van der Waals surface area contributed by atoms with Crippen LogP contribution in [-0.4, -0.2) is 50.9 Å². The lowest BCUT2D eigenvalue weighted by molar-refractivity contribution is -0.274. The van der Waals surface area contributed by atoms with Crippen molar-refractivity contribution < 1.29 is 36.9 Å². The first-order chi connectivity index (χ1) is 17.3. The molecule has 37 heavy (non-hydrogen) atoms. The second-order valence-corrected chi connectivity index (χ2v) is 8.68. The number of halogens is 3. The minimum Gasteiger partial charge on any atom is -0.490 e. The summed E-state index contributed by atoms with van der Waals surface area (Å²) < 4.78 is 57.8. The van der Waals surface area contributed by atoms with Crippen molar-refractivity contribution in [2.24, 2.45) is 0 Å². The highest BCUT2D eigenvalue weighted by atomic mass is 19.4. The second-order valence-electron chi connectivity index (χ2n) is 8.68. The quantitative estimate of drug-likeness (QED) is 0.254. The summed E-state index contributed by atoms with van der Waals surface area (Å²) in [6, 6.07) is 10.6. The van der Waals surface area contributed by atoms with Gasteiger partial charge in [0.2, 0.25) is 0 Å². The summed E-state index contributed by atoms with van der Waals surface area (Å²) in [7, 11) is 3.54. The minimum absolute atomic E-state index is 0.223. The maximum Gasteiger partial charge on any atom is 0.573 e. The third-order valence-corrected chi connectivity index (χ3v) is 5.43. The Bertz CT molecular complexity index is 1100. The van der Waals surface area contributed by atoms with Gasteiger partial charge in [-0.05, 0) is 89.8 Å². The molecule has 0 aliphatic carbocycles. The Labute approximate surface area is 215 Å². The van der Waals surface area contributed by atoms with E-state index in [1.165, 1.54) is 24.3 Å². The second kappa shape index (κ2) is 12.7. The standard InChI is InChI=1S/C27H33F3N2O5/c1-7-34-24(33)25(3,4)37-23-15-14-22(17-19(23)2)35-18-26(31-5,32-6)16-8-9-20-10-12-21(13-11-20)36-27(28,29)30/h10-15,17,31-32H,7,16,18H2,1-6H3. The number of rotatable bonds is 11. The number of aryl methyl sites for hydroxylation is 1. The molecule has 2 aromatic rings. The van der Waals surface area contributed by atoms with E-state index in [-0.39, 0.29) is 19.0 Å². The summed E-state index contributed by atoms with van der Waals surface area (Å²) in [5.41, 5.74) is -0.497. The summed E-state index contributed by atoms with van der Waals surface area (Å²) in [5.74, 6) is 6.35. The van der Waals surface area contributed by atoms with E-state index >= 15 is 0 Å². The van der Waals surface area contributed by atoms with Gasteiger partial charge in [-0.2, -0.15) is 0 Å². The molecule has 7 nitrogen and oxygen atoms in total. The molecule has 2 aromatic carbocycles. The van der Waals surface area contributed by atoms with E-state index < -0.39 is 23.6 Å². The molecule has 0 radical (unpaired) electrons. The molecule has 0 unspecified atom stereocenters. The van der Waals surface area contributed by atoms with Gasteiger partial charge in [0.1, 0.15) is 29.5 Å². The number of carbonyl (C=O) groups is 1. The highest BCUT2D eigenvalue weighted by molar-refractivity contribution is 5.79. The fourth-order valence-corrected chi connectivity index (χ4v) is 3.19. The number of nitrogens with one attached hydrogen (secondary N) is 2. The molecule has 10 heteroatoms. The number of ether oxygens (including phenoxy) is 4. The lowest BCUT2D eigenvalue weighted by atomic mass is 10.1. The molecule has 0 heterocycles. The average Bonchev–Trinajstić information content (AvgIpc) is 2.83. The first-order valence-electron chi connectivity index (χ1n) is 11.7. The van der Waals surface area contributed by atoms with Gasteiger partial charge in [-0.1, -0.05) is 11.8 Å². The van der Waals surface area contributed by atoms with Gasteiger partial charge >= 0.3 is 12.3 Å². The van der Waals surface area contributed by atoms with Crippen molar-refractivity contribution >= 4 is 5.97 Å². The average molecular weight is 523 g/mol. The van der Waals surface area contributed by atoms with E-state index in [0.29, 0.717) is 23.5 Å². The van der Waals surface area contributed by atoms with Crippen molar-refractivity contribution in [2.45, 2.75) is 51.7 Å².